The van der Waals surface area contributed by atoms with Gasteiger partial charge in [-0.1, -0.05) is 18.2 Å². The molecular formula is C31H30FN5O4. The zero-order chi connectivity index (χ0) is 28.3. The number of aromatic carboxylic acids is 1. The summed E-state index contributed by atoms with van der Waals surface area (Å²) >= 11 is 0. The van der Waals surface area contributed by atoms with E-state index in [1.165, 1.54) is 0 Å². The standard InChI is InChI=1S/C31H30FN5O4/c32-30(22-6-4-20(17-33)5-7-22)41-29-3-1-2-25(35-29)21-10-13-36(14-11-21)19-28-34-26-9-8-23(31(38)39)16-27(26)37(28)18-24-12-15-40-24/h1-9,16,21,24,30H,10-15,18-19H2,(H,38,39)/t24-,30?/m0/s1. The van der Waals surface area contributed by atoms with Gasteiger partial charge < -0.3 is 19.1 Å². The van der Waals surface area contributed by atoms with Gasteiger partial charge in [-0.25, -0.2) is 14.8 Å². The van der Waals surface area contributed by atoms with Crippen molar-refractivity contribution in [3.8, 4) is 11.9 Å². The number of rotatable bonds is 9. The third-order valence-corrected chi connectivity index (χ3v) is 7.90. The normalized spacial score (nSPS) is 18.5. The first-order valence-electron chi connectivity index (χ1n) is 13.8. The van der Waals surface area contributed by atoms with Crippen LogP contribution in [0.4, 0.5) is 4.39 Å². The second-order valence-corrected chi connectivity index (χ2v) is 10.5. The van der Waals surface area contributed by atoms with E-state index in [0.717, 1.165) is 61.5 Å². The zero-order valence-corrected chi connectivity index (χ0v) is 22.4. The maximum atomic E-state index is 14.8. The molecule has 1 N–H and O–H groups in total. The van der Waals surface area contributed by atoms with Crippen LogP contribution in [-0.2, 0) is 17.8 Å². The minimum Gasteiger partial charge on any atom is -0.478 e. The Hall–Kier alpha value is -4.33. The molecule has 9 nitrogen and oxygen atoms in total. The lowest BCUT2D eigenvalue weighted by Crippen LogP contribution is -2.35. The number of carboxylic acids is 1. The lowest BCUT2D eigenvalue weighted by atomic mass is 9.93. The molecule has 4 heterocycles. The number of piperidine rings is 1. The van der Waals surface area contributed by atoms with Crippen molar-refractivity contribution in [1.82, 2.24) is 19.4 Å². The average Bonchev–Trinajstić information content (AvgIpc) is 3.31. The van der Waals surface area contributed by atoms with Gasteiger partial charge in [0.2, 0.25) is 5.88 Å². The van der Waals surface area contributed by atoms with Crippen LogP contribution in [0.3, 0.4) is 0 Å². The summed E-state index contributed by atoms with van der Waals surface area (Å²) in [5.74, 6) is 0.405. The summed E-state index contributed by atoms with van der Waals surface area (Å²) in [5.41, 5.74) is 3.52. The fraction of sp³-hybridized carbons (Fsp3) is 0.355. The number of aromatic nitrogens is 3. The van der Waals surface area contributed by atoms with Crippen molar-refractivity contribution in [2.75, 3.05) is 19.7 Å². The van der Waals surface area contributed by atoms with Crippen molar-refractivity contribution < 1.29 is 23.8 Å². The van der Waals surface area contributed by atoms with E-state index in [-0.39, 0.29) is 23.5 Å². The van der Waals surface area contributed by atoms with E-state index < -0.39 is 12.3 Å². The first kappa shape index (κ1) is 26.9. The van der Waals surface area contributed by atoms with Gasteiger partial charge >= 0.3 is 5.97 Å². The predicted octanol–water partition coefficient (Wildman–Crippen LogP) is 5.22. The summed E-state index contributed by atoms with van der Waals surface area (Å²) in [5, 5.41) is 18.4. The smallest absolute Gasteiger partial charge is 0.335 e. The summed E-state index contributed by atoms with van der Waals surface area (Å²) in [7, 11) is 0. The van der Waals surface area contributed by atoms with Gasteiger partial charge in [-0.2, -0.15) is 9.65 Å². The van der Waals surface area contributed by atoms with Crippen LogP contribution in [0, 0.1) is 11.3 Å². The molecule has 2 fully saturated rings. The molecule has 2 atom stereocenters. The highest BCUT2D eigenvalue weighted by Gasteiger charge is 2.26. The van der Waals surface area contributed by atoms with E-state index in [1.54, 1.807) is 48.5 Å². The first-order valence-corrected chi connectivity index (χ1v) is 13.8. The number of alkyl halides is 1. The number of hydrogen-bond acceptors (Lipinski definition) is 7. The van der Waals surface area contributed by atoms with Crippen molar-refractivity contribution in [3.63, 3.8) is 0 Å². The summed E-state index contributed by atoms with van der Waals surface area (Å²) in [4.78, 5) is 23.4. The number of pyridine rings is 1. The summed E-state index contributed by atoms with van der Waals surface area (Å²) < 4.78 is 28.0. The van der Waals surface area contributed by atoms with E-state index in [9.17, 15) is 14.3 Å². The molecule has 0 spiro atoms. The Morgan fingerprint density at radius 3 is 2.59 bits per heavy atom. The molecule has 0 saturated carbocycles. The van der Waals surface area contributed by atoms with E-state index in [2.05, 4.69) is 14.5 Å². The monoisotopic (exact) mass is 555 g/mol. The molecule has 4 aromatic rings. The number of nitriles is 1. The van der Waals surface area contributed by atoms with Crippen LogP contribution in [0.1, 0.15) is 64.5 Å². The molecule has 210 valence electrons. The molecule has 0 radical (unpaired) electrons. The van der Waals surface area contributed by atoms with Crippen molar-refractivity contribution in [1.29, 1.82) is 5.26 Å². The molecule has 2 saturated heterocycles. The molecule has 6 rings (SSSR count). The Morgan fingerprint density at radius 1 is 1.12 bits per heavy atom. The van der Waals surface area contributed by atoms with Crippen molar-refractivity contribution in [3.05, 3.63) is 88.9 Å². The largest absolute Gasteiger partial charge is 0.478 e. The SMILES string of the molecule is N#Cc1ccc(C(F)Oc2cccc(C3CCN(Cc4nc5ccc(C(=O)O)cc5n4C[C@@H]4CCO4)CC3)n2)cc1. The van der Waals surface area contributed by atoms with E-state index in [4.69, 9.17) is 19.7 Å². The predicted molar refractivity (Wildman–Crippen MR) is 148 cm³/mol. The topological polar surface area (TPSA) is 114 Å². The zero-order valence-electron chi connectivity index (χ0n) is 22.4. The van der Waals surface area contributed by atoms with Crippen LogP contribution in [0.15, 0.2) is 60.7 Å². The molecule has 10 heteroatoms. The fourth-order valence-corrected chi connectivity index (χ4v) is 5.46. The number of ether oxygens (including phenoxy) is 2. The number of imidazole rings is 1. The Bertz CT molecular complexity index is 1590. The highest BCUT2D eigenvalue weighted by atomic mass is 19.1. The van der Waals surface area contributed by atoms with Gasteiger partial charge in [0.05, 0.1) is 47.4 Å². The second-order valence-electron chi connectivity index (χ2n) is 10.5. The first-order chi connectivity index (χ1) is 20.0. The molecule has 2 aromatic heterocycles. The quantitative estimate of drug-likeness (QED) is 0.299. The van der Waals surface area contributed by atoms with Crippen LogP contribution in [-0.4, -0.2) is 56.3 Å². The van der Waals surface area contributed by atoms with E-state index >= 15 is 0 Å². The number of carboxylic acid groups (broad SMARTS) is 1. The van der Waals surface area contributed by atoms with Gasteiger partial charge in [-0.15, -0.1) is 0 Å². The van der Waals surface area contributed by atoms with Gasteiger partial charge in [0, 0.05) is 29.8 Å². The molecule has 2 aromatic carbocycles. The van der Waals surface area contributed by atoms with Crippen LogP contribution in [0.25, 0.3) is 11.0 Å². The highest BCUT2D eigenvalue weighted by Crippen LogP contribution is 2.31. The Kier molecular flexibility index (Phi) is 7.63. The molecule has 2 aliphatic heterocycles. The molecule has 1 unspecified atom stereocenters. The minimum atomic E-state index is -1.68. The van der Waals surface area contributed by atoms with E-state index in [1.807, 2.05) is 18.2 Å². The number of hydrogen-bond donors (Lipinski definition) is 1. The molecular weight excluding hydrogens is 525 g/mol. The second kappa shape index (κ2) is 11.6. The summed E-state index contributed by atoms with van der Waals surface area (Å²) in [6.07, 6.45) is 1.20. The molecule has 0 aliphatic carbocycles. The van der Waals surface area contributed by atoms with Crippen LogP contribution in [0.5, 0.6) is 5.88 Å². The maximum Gasteiger partial charge on any atom is 0.335 e. The van der Waals surface area contributed by atoms with Gasteiger partial charge in [0.1, 0.15) is 5.82 Å². The van der Waals surface area contributed by atoms with Gasteiger partial charge in [-0.05, 0) is 68.8 Å². The van der Waals surface area contributed by atoms with Crippen molar-refractivity contribution >= 4 is 17.0 Å². The molecule has 0 bridgehead atoms. The Morgan fingerprint density at radius 2 is 1.90 bits per heavy atom. The third kappa shape index (κ3) is 5.92. The average molecular weight is 556 g/mol. The van der Waals surface area contributed by atoms with E-state index in [0.29, 0.717) is 24.2 Å². The lowest BCUT2D eigenvalue weighted by molar-refractivity contribution is -0.0592. The fourth-order valence-electron chi connectivity index (χ4n) is 5.46. The van der Waals surface area contributed by atoms with Crippen LogP contribution < -0.4 is 4.74 Å². The van der Waals surface area contributed by atoms with Crippen LogP contribution in [0.2, 0.25) is 0 Å². The van der Waals surface area contributed by atoms with Crippen molar-refractivity contribution in [2.24, 2.45) is 0 Å². The Labute approximate surface area is 236 Å². The van der Waals surface area contributed by atoms with Gasteiger partial charge in [0.25, 0.3) is 6.36 Å². The summed E-state index contributed by atoms with van der Waals surface area (Å²) in [6.45, 7) is 3.75. The van der Waals surface area contributed by atoms with Gasteiger partial charge in [-0.3, -0.25) is 4.90 Å². The third-order valence-electron chi connectivity index (χ3n) is 7.90. The van der Waals surface area contributed by atoms with Crippen LogP contribution >= 0.6 is 0 Å². The maximum absolute atomic E-state index is 14.8. The summed E-state index contributed by atoms with van der Waals surface area (Å²) in [6, 6.07) is 18.7. The number of fused-ring (bicyclic) bond motifs is 1. The Balaban J connectivity index is 1.11. The highest BCUT2D eigenvalue weighted by molar-refractivity contribution is 5.92. The molecule has 0 amide bonds. The molecule has 41 heavy (non-hydrogen) atoms. The minimum absolute atomic E-state index is 0.117. The number of carbonyl (C=O) groups is 1. The number of likely N-dealkylation sites (tertiary alicyclic amines) is 1. The lowest BCUT2D eigenvalue weighted by Gasteiger charge is -2.32. The molecule has 2 aliphatic rings. The van der Waals surface area contributed by atoms with Gasteiger partial charge in [0.15, 0.2) is 0 Å². The van der Waals surface area contributed by atoms with Crippen molar-refractivity contribution in [2.45, 2.75) is 50.7 Å². The number of halogens is 1. The number of benzene rings is 2. The number of nitrogens with zero attached hydrogens (tertiary/aromatic N) is 5.